The molecule has 5 nitrogen and oxygen atoms in total. The number of phenolic OH excluding ortho intramolecular Hbond substituents is 1. The quantitative estimate of drug-likeness (QED) is 0.672. The normalized spacial score (nSPS) is 11.1. The van der Waals surface area contributed by atoms with E-state index in [9.17, 15) is 18.3 Å². The van der Waals surface area contributed by atoms with Gasteiger partial charge in [-0.15, -0.1) is 0 Å². The first-order chi connectivity index (χ1) is 9.79. The Kier molecular flexibility index (Phi) is 3.99. The molecule has 0 atom stereocenters. The number of hydrogen-bond donors (Lipinski definition) is 2. The van der Waals surface area contributed by atoms with Crippen LogP contribution in [-0.2, 0) is 10.0 Å². The van der Waals surface area contributed by atoms with Crippen molar-refractivity contribution in [2.24, 2.45) is 0 Å². The van der Waals surface area contributed by atoms with Crippen LogP contribution in [0.25, 0.3) is 0 Å². The fourth-order valence-corrected chi connectivity index (χ4v) is 2.87. The number of sulfonamides is 1. The Balaban J connectivity index is 2.34. The standard InChI is InChI=1S/C15H15NO4S/c1-10-3-8-15(18)14(9-10)16-21(19,20)13-6-4-12(5-7-13)11(2)17/h3-9,16,18H,1-2H3. The molecule has 0 saturated carbocycles. The van der Waals surface area contributed by atoms with Crippen molar-refractivity contribution in [2.45, 2.75) is 18.7 Å². The van der Waals surface area contributed by atoms with E-state index in [2.05, 4.69) is 4.72 Å². The van der Waals surface area contributed by atoms with Gasteiger partial charge in [-0.1, -0.05) is 18.2 Å². The molecule has 0 saturated heterocycles. The van der Waals surface area contributed by atoms with Gasteiger partial charge >= 0.3 is 0 Å². The first-order valence-corrected chi connectivity index (χ1v) is 7.71. The molecule has 0 amide bonds. The van der Waals surface area contributed by atoms with Crippen LogP contribution in [0.2, 0.25) is 0 Å². The minimum absolute atomic E-state index is 0.0217. The van der Waals surface area contributed by atoms with E-state index in [4.69, 9.17) is 0 Å². The second-order valence-corrected chi connectivity index (χ2v) is 6.39. The Morgan fingerprint density at radius 2 is 1.71 bits per heavy atom. The lowest BCUT2D eigenvalue weighted by atomic mass is 10.2. The van der Waals surface area contributed by atoms with Crippen LogP contribution >= 0.6 is 0 Å². The highest BCUT2D eigenvalue weighted by atomic mass is 32.2. The van der Waals surface area contributed by atoms with E-state index in [1.54, 1.807) is 13.0 Å². The first-order valence-electron chi connectivity index (χ1n) is 6.23. The van der Waals surface area contributed by atoms with Crippen LogP contribution in [0.5, 0.6) is 5.75 Å². The van der Waals surface area contributed by atoms with Crippen LogP contribution in [0, 0.1) is 6.92 Å². The van der Waals surface area contributed by atoms with Crippen LogP contribution in [0.3, 0.4) is 0 Å². The van der Waals surface area contributed by atoms with Gasteiger partial charge in [0.15, 0.2) is 5.78 Å². The third-order valence-corrected chi connectivity index (χ3v) is 4.35. The molecule has 0 aromatic heterocycles. The molecule has 21 heavy (non-hydrogen) atoms. The lowest BCUT2D eigenvalue weighted by Gasteiger charge is -2.10. The van der Waals surface area contributed by atoms with Gasteiger partial charge in [0.1, 0.15) is 5.75 Å². The maximum Gasteiger partial charge on any atom is 0.262 e. The van der Waals surface area contributed by atoms with E-state index in [1.807, 2.05) is 0 Å². The van der Waals surface area contributed by atoms with Crippen molar-refractivity contribution in [1.29, 1.82) is 0 Å². The smallest absolute Gasteiger partial charge is 0.262 e. The average molecular weight is 305 g/mol. The van der Waals surface area contributed by atoms with Gasteiger partial charge in [0.25, 0.3) is 10.0 Å². The van der Waals surface area contributed by atoms with Gasteiger partial charge in [-0.25, -0.2) is 8.42 Å². The van der Waals surface area contributed by atoms with E-state index in [-0.39, 0.29) is 22.1 Å². The van der Waals surface area contributed by atoms with E-state index < -0.39 is 10.0 Å². The number of aryl methyl sites for hydroxylation is 1. The largest absolute Gasteiger partial charge is 0.506 e. The lowest BCUT2D eigenvalue weighted by molar-refractivity contribution is 0.101. The highest BCUT2D eigenvalue weighted by Crippen LogP contribution is 2.26. The zero-order valence-electron chi connectivity index (χ0n) is 11.6. The molecule has 0 unspecified atom stereocenters. The van der Waals surface area contributed by atoms with Crippen LogP contribution in [0.15, 0.2) is 47.4 Å². The molecule has 0 heterocycles. The Labute approximate surface area is 123 Å². The van der Waals surface area contributed by atoms with Crippen molar-refractivity contribution in [3.63, 3.8) is 0 Å². The number of benzene rings is 2. The summed E-state index contributed by atoms with van der Waals surface area (Å²) in [6, 6.07) is 10.2. The summed E-state index contributed by atoms with van der Waals surface area (Å²) in [7, 11) is -3.82. The van der Waals surface area contributed by atoms with Crippen molar-refractivity contribution >= 4 is 21.5 Å². The number of aromatic hydroxyl groups is 1. The van der Waals surface area contributed by atoms with E-state index in [0.717, 1.165) is 5.56 Å². The molecule has 0 radical (unpaired) electrons. The maximum absolute atomic E-state index is 12.2. The Bertz CT molecular complexity index is 780. The Morgan fingerprint density at radius 1 is 1.10 bits per heavy atom. The summed E-state index contributed by atoms with van der Waals surface area (Å²) >= 11 is 0. The van der Waals surface area contributed by atoms with Crippen molar-refractivity contribution in [3.8, 4) is 5.75 Å². The predicted octanol–water partition coefficient (Wildman–Crippen LogP) is 2.70. The van der Waals surface area contributed by atoms with E-state index in [0.29, 0.717) is 5.56 Å². The lowest BCUT2D eigenvalue weighted by Crippen LogP contribution is -2.13. The Hall–Kier alpha value is -2.34. The zero-order valence-corrected chi connectivity index (χ0v) is 12.4. The van der Waals surface area contributed by atoms with Crippen LogP contribution in [-0.4, -0.2) is 19.3 Å². The number of carbonyl (C=O) groups excluding carboxylic acids is 1. The average Bonchev–Trinajstić information content (AvgIpc) is 2.43. The van der Waals surface area contributed by atoms with Gasteiger partial charge in [-0.05, 0) is 43.7 Å². The fourth-order valence-electron chi connectivity index (χ4n) is 1.80. The van der Waals surface area contributed by atoms with Gasteiger partial charge in [0.05, 0.1) is 10.6 Å². The van der Waals surface area contributed by atoms with Crippen molar-refractivity contribution in [2.75, 3.05) is 4.72 Å². The maximum atomic E-state index is 12.2. The number of Topliss-reactive ketones (excluding diaryl/α,β-unsaturated/α-hetero) is 1. The SMILES string of the molecule is CC(=O)c1ccc(S(=O)(=O)Nc2cc(C)ccc2O)cc1. The molecule has 110 valence electrons. The van der Waals surface area contributed by atoms with E-state index >= 15 is 0 Å². The summed E-state index contributed by atoms with van der Waals surface area (Å²) in [6.45, 7) is 3.20. The molecular weight excluding hydrogens is 290 g/mol. The summed E-state index contributed by atoms with van der Waals surface area (Å²) in [5.41, 5.74) is 1.37. The molecule has 0 bridgehead atoms. The molecule has 0 aliphatic carbocycles. The van der Waals surface area contributed by atoms with Gasteiger partial charge in [-0.3, -0.25) is 9.52 Å². The number of phenols is 1. The summed E-state index contributed by atoms with van der Waals surface area (Å²) < 4.78 is 26.8. The second-order valence-electron chi connectivity index (χ2n) is 4.71. The number of nitrogens with one attached hydrogen (secondary N) is 1. The third kappa shape index (κ3) is 3.41. The van der Waals surface area contributed by atoms with E-state index in [1.165, 1.54) is 43.3 Å². The number of carbonyl (C=O) groups is 1. The molecule has 2 aromatic carbocycles. The number of rotatable bonds is 4. The van der Waals surface area contributed by atoms with Crippen molar-refractivity contribution in [1.82, 2.24) is 0 Å². The molecule has 2 rings (SSSR count). The summed E-state index contributed by atoms with van der Waals surface area (Å²) in [5.74, 6) is -0.284. The Morgan fingerprint density at radius 3 is 2.29 bits per heavy atom. The van der Waals surface area contributed by atoms with Crippen LogP contribution in [0.1, 0.15) is 22.8 Å². The molecule has 2 aromatic rings. The van der Waals surface area contributed by atoms with Crippen LogP contribution in [0.4, 0.5) is 5.69 Å². The number of ketones is 1. The van der Waals surface area contributed by atoms with Gasteiger partial charge in [0, 0.05) is 5.56 Å². The summed E-state index contributed by atoms with van der Waals surface area (Å²) in [6.07, 6.45) is 0. The minimum Gasteiger partial charge on any atom is -0.506 e. The summed E-state index contributed by atoms with van der Waals surface area (Å²) in [5, 5.41) is 9.69. The van der Waals surface area contributed by atoms with Crippen LogP contribution < -0.4 is 4.72 Å². The monoisotopic (exact) mass is 305 g/mol. The zero-order chi connectivity index (χ0) is 15.6. The molecule has 0 aliphatic heterocycles. The minimum atomic E-state index is -3.82. The number of anilines is 1. The summed E-state index contributed by atoms with van der Waals surface area (Å²) in [4.78, 5) is 11.2. The molecule has 0 fully saturated rings. The molecule has 2 N–H and O–H groups in total. The molecule has 0 spiro atoms. The van der Waals surface area contributed by atoms with Crippen molar-refractivity contribution in [3.05, 3.63) is 53.6 Å². The second kappa shape index (κ2) is 5.57. The molecular formula is C15H15NO4S. The third-order valence-electron chi connectivity index (χ3n) is 2.97. The first kappa shape index (κ1) is 15.1. The van der Waals surface area contributed by atoms with Gasteiger partial charge in [-0.2, -0.15) is 0 Å². The number of hydrogen-bond acceptors (Lipinski definition) is 4. The predicted molar refractivity (Wildman–Crippen MR) is 80.1 cm³/mol. The highest BCUT2D eigenvalue weighted by molar-refractivity contribution is 7.92. The van der Waals surface area contributed by atoms with Crippen molar-refractivity contribution < 1.29 is 18.3 Å². The fraction of sp³-hybridized carbons (Fsp3) is 0.133. The topological polar surface area (TPSA) is 83.5 Å². The molecule has 0 aliphatic rings. The van der Waals surface area contributed by atoms with Gasteiger partial charge < -0.3 is 5.11 Å². The highest BCUT2D eigenvalue weighted by Gasteiger charge is 2.16. The van der Waals surface area contributed by atoms with Gasteiger partial charge in [0.2, 0.25) is 0 Å². The molecule has 6 heteroatoms.